The summed E-state index contributed by atoms with van der Waals surface area (Å²) in [6.07, 6.45) is 4.19. The molecule has 0 radical (unpaired) electrons. The van der Waals surface area contributed by atoms with Crippen molar-refractivity contribution in [2.24, 2.45) is 5.92 Å². The quantitative estimate of drug-likeness (QED) is 0.927. The number of hydrogen-bond acceptors (Lipinski definition) is 5. The Bertz CT molecular complexity index is 720. The zero-order valence-corrected chi connectivity index (χ0v) is 14.5. The largest absolute Gasteiger partial charge is 0.431 e. The molecule has 1 N–H and O–H groups in total. The minimum Gasteiger partial charge on any atom is -0.431 e. The van der Waals surface area contributed by atoms with Gasteiger partial charge in [-0.25, -0.2) is 4.98 Å². The van der Waals surface area contributed by atoms with E-state index < -0.39 is 0 Å². The number of aromatic nitrogens is 1. The fraction of sp³-hybridized carbons (Fsp3) is 0.444. The van der Waals surface area contributed by atoms with Gasteiger partial charge in [-0.1, -0.05) is 11.3 Å². The highest BCUT2D eigenvalue weighted by atomic mass is 32.1. The first-order valence-electron chi connectivity index (χ1n) is 8.41. The van der Waals surface area contributed by atoms with Crippen molar-refractivity contribution in [2.45, 2.75) is 25.8 Å². The number of carbonyl (C=O) groups is 1. The van der Waals surface area contributed by atoms with E-state index in [4.69, 9.17) is 4.74 Å². The van der Waals surface area contributed by atoms with E-state index in [2.05, 4.69) is 15.2 Å². The summed E-state index contributed by atoms with van der Waals surface area (Å²) in [5.74, 6) is 1.34. The molecular weight excluding hydrogens is 322 g/mol. The van der Waals surface area contributed by atoms with Gasteiger partial charge < -0.3 is 15.0 Å². The molecule has 1 aromatic heterocycles. The molecule has 1 aromatic carbocycles. The second kappa shape index (κ2) is 6.53. The summed E-state index contributed by atoms with van der Waals surface area (Å²) in [5.41, 5.74) is 0.675. The SMILES string of the molecule is Cc1cnc(Oc2ccc(C(=O)N[C@H]3CN4CCC3CC4)cc2)s1. The molecule has 0 saturated carbocycles. The summed E-state index contributed by atoms with van der Waals surface area (Å²) in [5, 5.41) is 3.83. The third-order valence-electron chi connectivity index (χ3n) is 4.89. The molecule has 5 rings (SSSR count). The lowest BCUT2D eigenvalue weighted by molar-refractivity contribution is 0.0620. The highest BCUT2D eigenvalue weighted by Gasteiger charge is 2.34. The molecule has 6 heteroatoms. The molecule has 3 saturated heterocycles. The molecular formula is C18H21N3O2S. The van der Waals surface area contributed by atoms with E-state index in [1.54, 1.807) is 6.20 Å². The zero-order valence-electron chi connectivity index (χ0n) is 13.7. The fourth-order valence-electron chi connectivity index (χ4n) is 3.54. The lowest BCUT2D eigenvalue weighted by Crippen LogP contribution is -2.57. The number of piperidine rings is 3. The van der Waals surface area contributed by atoms with Crippen LogP contribution >= 0.6 is 11.3 Å². The third kappa shape index (κ3) is 3.30. The van der Waals surface area contributed by atoms with E-state index in [9.17, 15) is 4.79 Å². The topological polar surface area (TPSA) is 54.5 Å². The summed E-state index contributed by atoms with van der Waals surface area (Å²) in [6, 6.07) is 7.55. The van der Waals surface area contributed by atoms with Crippen molar-refractivity contribution < 1.29 is 9.53 Å². The molecule has 3 aliphatic rings. The number of nitrogens with zero attached hydrogens (tertiary/aromatic N) is 2. The van der Waals surface area contributed by atoms with Crippen LogP contribution in [0.1, 0.15) is 28.1 Å². The number of fused-ring (bicyclic) bond motifs is 3. The Balaban J connectivity index is 1.38. The van der Waals surface area contributed by atoms with Crippen LogP contribution < -0.4 is 10.1 Å². The number of nitrogens with one attached hydrogen (secondary N) is 1. The van der Waals surface area contributed by atoms with E-state index in [-0.39, 0.29) is 11.9 Å². The highest BCUT2D eigenvalue weighted by molar-refractivity contribution is 7.13. The van der Waals surface area contributed by atoms with Gasteiger partial charge in [0.2, 0.25) is 0 Å². The van der Waals surface area contributed by atoms with Crippen molar-refractivity contribution in [3.05, 3.63) is 40.9 Å². The van der Waals surface area contributed by atoms with E-state index in [0.717, 1.165) is 11.4 Å². The molecule has 1 atom stereocenters. The Labute approximate surface area is 145 Å². The minimum absolute atomic E-state index is 0.00499. The highest BCUT2D eigenvalue weighted by Crippen LogP contribution is 2.28. The maximum absolute atomic E-state index is 12.5. The molecule has 2 bridgehead atoms. The summed E-state index contributed by atoms with van der Waals surface area (Å²) in [7, 11) is 0. The van der Waals surface area contributed by atoms with Crippen LogP contribution in [0.2, 0.25) is 0 Å². The average Bonchev–Trinajstić information content (AvgIpc) is 3.01. The molecule has 5 nitrogen and oxygen atoms in total. The number of hydrogen-bond donors (Lipinski definition) is 1. The summed E-state index contributed by atoms with van der Waals surface area (Å²) in [6.45, 7) is 5.34. The Morgan fingerprint density at radius 1 is 1.29 bits per heavy atom. The van der Waals surface area contributed by atoms with Crippen LogP contribution in [0.3, 0.4) is 0 Å². The van der Waals surface area contributed by atoms with Crippen LogP contribution in [0.25, 0.3) is 0 Å². The number of carbonyl (C=O) groups excluding carboxylic acids is 1. The van der Waals surface area contributed by atoms with E-state index in [1.165, 1.54) is 37.3 Å². The number of aryl methyl sites for hydroxylation is 1. The van der Waals surface area contributed by atoms with Gasteiger partial charge in [-0.15, -0.1) is 0 Å². The zero-order chi connectivity index (χ0) is 16.5. The van der Waals surface area contributed by atoms with Gasteiger partial charge in [-0.3, -0.25) is 4.79 Å². The van der Waals surface area contributed by atoms with Gasteiger partial charge in [0.15, 0.2) is 0 Å². The van der Waals surface area contributed by atoms with Gasteiger partial charge in [0.25, 0.3) is 11.1 Å². The van der Waals surface area contributed by atoms with Crippen molar-refractivity contribution >= 4 is 17.2 Å². The van der Waals surface area contributed by atoms with Crippen LogP contribution in [-0.2, 0) is 0 Å². The van der Waals surface area contributed by atoms with Gasteiger partial charge in [0, 0.05) is 29.2 Å². The van der Waals surface area contributed by atoms with Crippen molar-refractivity contribution in [1.82, 2.24) is 15.2 Å². The first kappa shape index (κ1) is 15.6. The monoisotopic (exact) mass is 343 g/mol. The first-order chi connectivity index (χ1) is 11.7. The van der Waals surface area contributed by atoms with E-state index in [0.29, 0.717) is 22.4 Å². The molecule has 0 aliphatic carbocycles. The van der Waals surface area contributed by atoms with Gasteiger partial charge in [-0.2, -0.15) is 0 Å². The van der Waals surface area contributed by atoms with Crippen molar-refractivity contribution in [3.63, 3.8) is 0 Å². The van der Waals surface area contributed by atoms with Crippen LogP contribution in [-0.4, -0.2) is 41.5 Å². The standard InChI is InChI=1S/C18H21N3O2S/c1-12-10-19-18(24-12)23-15-4-2-14(3-5-15)17(22)20-16-11-21-8-6-13(16)7-9-21/h2-5,10,13,16H,6-9,11H2,1H3,(H,20,22)/t16-/m0/s1. The Morgan fingerprint density at radius 3 is 2.62 bits per heavy atom. The number of thiazole rings is 1. The van der Waals surface area contributed by atoms with Crippen LogP contribution in [0, 0.1) is 12.8 Å². The third-order valence-corrected chi connectivity index (χ3v) is 5.69. The Hall–Kier alpha value is -1.92. The predicted octanol–water partition coefficient (Wildman–Crippen LogP) is 3.07. The predicted molar refractivity (Wildman–Crippen MR) is 93.8 cm³/mol. The number of rotatable bonds is 4. The van der Waals surface area contributed by atoms with Crippen molar-refractivity contribution in [2.75, 3.05) is 19.6 Å². The molecule has 2 aromatic rings. The Morgan fingerprint density at radius 2 is 2.04 bits per heavy atom. The number of amides is 1. The molecule has 0 spiro atoms. The lowest BCUT2D eigenvalue weighted by atomic mass is 9.84. The lowest BCUT2D eigenvalue weighted by Gasteiger charge is -2.44. The smallest absolute Gasteiger partial charge is 0.278 e. The fourth-order valence-corrected chi connectivity index (χ4v) is 4.16. The van der Waals surface area contributed by atoms with Crippen LogP contribution in [0.4, 0.5) is 0 Å². The summed E-state index contributed by atoms with van der Waals surface area (Å²) >= 11 is 1.51. The Kier molecular flexibility index (Phi) is 4.24. The van der Waals surface area contributed by atoms with Gasteiger partial charge in [-0.05, 0) is 63.0 Å². The number of ether oxygens (including phenoxy) is 1. The average molecular weight is 343 g/mol. The molecule has 3 fully saturated rings. The van der Waals surface area contributed by atoms with Crippen LogP contribution in [0.15, 0.2) is 30.5 Å². The van der Waals surface area contributed by atoms with E-state index in [1.807, 2.05) is 31.2 Å². The second-order valence-electron chi connectivity index (χ2n) is 6.58. The normalized spacial score (nSPS) is 25.5. The van der Waals surface area contributed by atoms with Gasteiger partial charge in [0.1, 0.15) is 5.75 Å². The molecule has 0 unspecified atom stereocenters. The van der Waals surface area contributed by atoms with Crippen molar-refractivity contribution in [1.29, 1.82) is 0 Å². The number of benzene rings is 1. The van der Waals surface area contributed by atoms with Crippen molar-refractivity contribution in [3.8, 4) is 10.9 Å². The molecule has 126 valence electrons. The molecule has 4 heterocycles. The van der Waals surface area contributed by atoms with Gasteiger partial charge in [0.05, 0.1) is 0 Å². The molecule has 1 amide bonds. The maximum atomic E-state index is 12.5. The van der Waals surface area contributed by atoms with Gasteiger partial charge >= 0.3 is 0 Å². The molecule has 3 aliphatic heterocycles. The molecule has 24 heavy (non-hydrogen) atoms. The van der Waals surface area contributed by atoms with Crippen LogP contribution in [0.5, 0.6) is 10.9 Å². The minimum atomic E-state index is 0.00499. The summed E-state index contributed by atoms with van der Waals surface area (Å²) < 4.78 is 5.69. The maximum Gasteiger partial charge on any atom is 0.278 e. The first-order valence-corrected chi connectivity index (χ1v) is 9.22. The second-order valence-corrected chi connectivity index (χ2v) is 7.78. The summed E-state index contributed by atoms with van der Waals surface area (Å²) in [4.78, 5) is 20.2. The van der Waals surface area contributed by atoms with E-state index >= 15 is 0 Å².